The molecule has 0 aromatic heterocycles. The first-order valence-electron chi connectivity index (χ1n) is 14.1. The van der Waals surface area contributed by atoms with Crippen molar-refractivity contribution in [1.82, 2.24) is 0 Å². The van der Waals surface area contributed by atoms with Gasteiger partial charge in [-0.3, -0.25) is 4.79 Å². The van der Waals surface area contributed by atoms with Gasteiger partial charge in [-0.1, -0.05) is 119 Å². The lowest BCUT2D eigenvalue weighted by Crippen LogP contribution is -2.15. The number of aromatic hydroxyl groups is 1. The van der Waals surface area contributed by atoms with Crippen LogP contribution in [0.25, 0.3) is 0 Å². The minimum atomic E-state index is -0.287. The van der Waals surface area contributed by atoms with Gasteiger partial charge in [0.25, 0.3) is 0 Å². The Morgan fingerprint density at radius 2 is 1.41 bits per heavy atom. The molecule has 0 atom stereocenters. The number of aryl methyl sites for hydroxylation is 1. The summed E-state index contributed by atoms with van der Waals surface area (Å²) in [5.41, 5.74) is 2.08. The first-order valence-corrected chi connectivity index (χ1v) is 14.9. The first kappa shape index (κ1) is 31.3. The molecule has 206 valence electrons. The average Bonchev–Trinajstić information content (AvgIpc) is 2.89. The number of carbonyl (C=O) groups is 1. The molecule has 4 nitrogen and oxygen atoms in total. The Hall–Kier alpha value is -1.91. The highest BCUT2D eigenvalue weighted by molar-refractivity contribution is 6.37. The molecule has 0 saturated heterocycles. The summed E-state index contributed by atoms with van der Waals surface area (Å²) in [7, 11) is 0. The molecular formula is C31H45Cl2NO3. The summed E-state index contributed by atoms with van der Waals surface area (Å²) < 4.78 is 5.71. The maximum atomic E-state index is 12.2. The summed E-state index contributed by atoms with van der Waals surface area (Å²) in [4.78, 5) is 12.2. The van der Waals surface area contributed by atoms with Crippen molar-refractivity contribution in [2.75, 3.05) is 11.9 Å². The van der Waals surface area contributed by atoms with Crippen molar-refractivity contribution < 1.29 is 14.6 Å². The van der Waals surface area contributed by atoms with E-state index < -0.39 is 0 Å². The van der Waals surface area contributed by atoms with Gasteiger partial charge in [-0.15, -0.1) is 0 Å². The van der Waals surface area contributed by atoms with Crippen LogP contribution in [-0.2, 0) is 11.2 Å². The highest BCUT2D eigenvalue weighted by Gasteiger charge is 2.14. The van der Waals surface area contributed by atoms with Crippen LogP contribution in [0.5, 0.6) is 11.5 Å². The van der Waals surface area contributed by atoms with Gasteiger partial charge in [-0.25, -0.2) is 0 Å². The van der Waals surface area contributed by atoms with E-state index in [0.29, 0.717) is 10.6 Å². The third-order valence-corrected chi connectivity index (χ3v) is 7.64. The largest absolute Gasteiger partial charge is 0.504 e. The molecule has 2 aromatic carbocycles. The molecule has 0 spiro atoms. The minimum absolute atomic E-state index is 0.137. The van der Waals surface area contributed by atoms with Crippen LogP contribution < -0.4 is 10.1 Å². The molecular weight excluding hydrogens is 505 g/mol. The quantitative estimate of drug-likeness (QED) is 0.135. The fraction of sp³-hybridized carbons (Fsp3) is 0.581. The molecule has 2 aromatic rings. The third-order valence-electron chi connectivity index (χ3n) is 6.79. The van der Waals surface area contributed by atoms with Crippen LogP contribution in [0.2, 0.25) is 10.0 Å². The van der Waals surface area contributed by atoms with Crippen molar-refractivity contribution in [2.24, 2.45) is 0 Å². The number of nitrogens with one attached hydrogen (secondary N) is 1. The standard InChI is InChI=1S/C31H45Cl2NO3/c1-3-4-5-6-7-8-9-10-11-12-13-14-15-16-25-17-19-26(20-18-25)37-22-21-29(35)34-28-23-27(32)24(2)30(33)31(28)36/h17-20,23,36H,3-16,21-22H2,1-2H3,(H,34,35). The van der Waals surface area contributed by atoms with E-state index in [0.717, 1.165) is 12.2 Å². The fourth-order valence-corrected chi connectivity index (χ4v) is 4.83. The highest BCUT2D eigenvalue weighted by atomic mass is 35.5. The molecule has 1 amide bonds. The monoisotopic (exact) mass is 549 g/mol. The number of hydrogen-bond donors (Lipinski definition) is 2. The third kappa shape index (κ3) is 12.5. The van der Waals surface area contributed by atoms with Gasteiger partial charge in [0.15, 0.2) is 5.75 Å². The molecule has 0 fully saturated rings. The molecule has 0 heterocycles. The van der Waals surface area contributed by atoms with Crippen LogP contribution in [0.3, 0.4) is 0 Å². The van der Waals surface area contributed by atoms with Crippen LogP contribution in [-0.4, -0.2) is 17.6 Å². The van der Waals surface area contributed by atoms with Crippen molar-refractivity contribution in [1.29, 1.82) is 0 Å². The zero-order valence-electron chi connectivity index (χ0n) is 22.7. The number of anilines is 1. The molecule has 0 unspecified atom stereocenters. The molecule has 2 rings (SSSR count). The number of hydrogen-bond acceptors (Lipinski definition) is 3. The van der Waals surface area contributed by atoms with Gasteiger partial charge in [0.2, 0.25) is 5.91 Å². The van der Waals surface area contributed by atoms with E-state index in [1.165, 1.54) is 95.1 Å². The predicted molar refractivity (Wildman–Crippen MR) is 157 cm³/mol. The number of unbranched alkanes of at least 4 members (excludes halogenated alkanes) is 12. The Labute approximate surface area is 234 Å². The van der Waals surface area contributed by atoms with E-state index in [1.807, 2.05) is 12.1 Å². The van der Waals surface area contributed by atoms with Crippen molar-refractivity contribution in [3.8, 4) is 11.5 Å². The Balaban J connectivity index is 1.52. The maximum Gasteiger partial charge on any atom is 0.227 e. The summed E-state index contributed by atoms with van der Waals surface area (Å²) >= 11 is 12.1. The van der Waals surface area contributed by atoms with E-state index in [9.17, 15) is 9.90 Å². The summed E-state index contributed by atoms with van der Waals surface area (Å²) in [5, 5.41) is 13.3. The zero-order valence-corrected chi connectivity index (χ0v) is 24.2. The molecule has 0 aliphatic heterocycles. The molecule has 0 saturated carbocycles. The van der Waals surface area contributed by atoms with E-state index >= 15 is 0 Å². The van der Waals surface area contributed by atoms with Crippen molar-refractivity contribution >= 4 is 34.8 Å². The molecule has 0 bridgehead atoms. The maximum absolute atomic E-state index is 12.2. The Morgan fingerprint density at radius 3 is 1.97 bits per heavy atom. The van der Waals surface area contributed by atoms with E-state index in [-0.39, 0.29) is 35.4 Å². The van der Waals surface area contributed by atoms with Crippen LogP contribution in [0.15, 0.2) is 30.3 Å². The van der Waals surface area contributed by atoms with Crippen LogP contribution in [0.4, 0.5) is 5.69 Å². The Morgan fingerprint density at radius 1 is 0.865 bits per heavy atom. The minimum Gasteiger partial charge on any atom is -0.504 e. The smallest absolute Gasteiger partial charge is 0.227 e. The summed E-state index contributed by atoms with van der Waals surface area (Å²) in [6, 6.07) is 9.61. The second-order valence-corrected chi connectivity index (χ2v) is 10.8. The molecule has 0 aliphatic rings. The van der Waals surface area contributed by atoms with Gasteiger partial charge >= 0.3 is 0 Å². The number of ether oxygens (including phenoxy) is 1. The second-order valence-electron chi connectivity index (χ2n) is 9.98. The van der Waals surface area contributed by atoms with Gasteiger partial charge in [-0.05, 0) is 49.1 Å². The van der Waals surface area contributed by atoms with Crippen molar-refractivity contribution in [3.63, 3.8) is 0 Å². The van der Waals surface area contributed by atoms with Crippen molar-refractivity contribution in [3.05, 3.63) is 51.5 Å². The number of carbonyl (C=O) groups excluding carboxylic acids is 1. The fourth-order valence-electron chi connectivity index (χ4n) is 4.37. The summed E-state index contributed by atoms with van der Waals surface area (Å²) in [6.07, 6.45) is 19.0. The Bertz CT molecular complexity index is 931. The lowest BCUT2D eigenvalue weighted by Gasteiger charge is -2.12. The topological polar surface area (TPSA) is 58.6 Å². The number of rotatable bonds is 19. The van der Waals surface area contributed by atoms with E-state index in [4.69, 9.17) is 27.9 Å². The molecule has 2 N–H and O–H groups in total. The van der Waals surface area contributed by atoms with Crippen molar-refractivity contribution in [2.45, 2.75) is 110 Å². The number of phenolic OH excluding ortho intramolecular Hbond substituents is 1. The lowest BCUT2D eigenvalue weighted by molar-refractivity contribution is -0.116. The second kappa shape index (κ2) is 18.4. The van der Waals surface area contributed by atoms with Gasteiger partial charge < -0.3 is 15.2 Å². The van der Waals surface area contributed by atoms with Gasteiger partial charge in [0.05, 0.1) is 23.7 Å². The lowest BCUT2D eigenvalue weighted by atomic mass is 10.0. The van der Waals surface area contributed by atoms with Gasteiger partial charge in [-0.2, -0.15) is 0 Å². The van der Waals surface area contributed by atoms with Crippen LogP contribution >= 0.6 is 23.2 Å². The average molecular weight is 551 g/mol. The van der Waals surface area contributed by atoms with Crippen LogP contribution in [0, 0.1) is 6.92 Å². The SMILES string of the molecule is CCCCCCCCCCCCCCCc1ccc(OCCC(=O)Nc2cc(Cl)c(C)c(Cl)c2O)cc1. The van der Waals surface area contributed by atoms with E-state index in [2.05, 4.69) is 24.4 Å². The van der Waals surface area contributed by atoms with Crippen LogP contribution in [0.1, 0.15) is 108 Å². The number of benzene rings is 2. The normalized spacial score (nSPS) is 11.0. The number of halogens is 2. The van der Waals surface area contributed by atoms with E-state index in [1.54, 1.807) is 6.92 Å². The van der Waals surface area contributed by atoms with Gasteiger partial charge in [0.1, 0.15) is 5.75 Å². The highest BCUT2D eigenvalue weighted by Crippen LogP contribution is 2.38. The zero-order chi connectivity index (χ0) is 26.9. The number of amides is 1. The molecule has 6 heteroatoms. The number of phenols is 1. The molecule has 0 radical (unpaired) electrons. The molecule has 0 aliphatic carbocycles. The summed E-state index contributed by atoms with van der Waals surface area (Å²) in [6.45, 7) is 4.21. The summed E-state index contributed by atoms with van der Waals surface area (Å²) in [5.74, 6) is 0.272. The van der Waals surface area contributed by atoms with Gasteiger partial charge in [0, 0.05) is 5.02 Å². The Kier molecular flexibility index (Phi) is 15.5. The molecule has 37 heavy (non-hydrogen) atoms. The first-order chi connectivity index (χ1) is 17.9. The predicted octanol–water partition coefficient (Wildman–Crippen LogP) is 10.0.